The lowest BCUT2D eigenvalue weighted by Crippen LogP contribution is -2.03. The van der Waals surface area contributed by atoms with Gasteiger partial charge in [-0.25, -0.2) is 9.97 Å². The highest BCUT2D eigenvalue weighted by atomic mass is 35.5. The average Bonchev–Trinajstić information content (AvgIpc) is 3.37. The van der Waals surface area contributed by atoms with Crippen LogP contribution in [0.4, 0.5) is 5.82 Å². The first-order valence-corrected chi connectivity index (χ1v) is 9.82. The summed E-state index contributed by atoms with van der Waals surface area (Å²) in [5.41, 5.74) is 2.38. The van der Waals surface area contributed by atoms with Crippen LogP contribution in [0.1, 0.15) is 22.6 Å². The molecule has 4 nitrogen and oxygen atoms in total. The Hall–Kier alpha value is -2.37. The van der Waals surface area contributed by atoms with E-state index in [2.05, 4.69) is 5.32 Å². The molecule has 130 valence electrons. The molecule has 0 radical (unpaired) electrons. The van der Waals surface area contributed by atoms with Crippen molar-refractivity contribution >= 4 is 39.0 Å². The molecule has 3 aromatic heterocycles. The van der Waals surface area contributed by atoms with E-state index < -0.39 is 0 Å². The maximum atomic E-state index is 6.02. The van der Waals surface area contributed by atoms with Crippen LogP contribution >= 0.6 is 22.9 Å². The second kappa shape index (κ2) is 6.41. The van der Waals surface area contributed by atoms with E-state index in [4.69, 9.17) is 26.0 Å². The number of furan rings is 1. The number of halogens is 1. The van der Waals surface area contributed by atoms with E-state index in [-0.39, 0.29) is 0 Å². The van der Waals surface area contributed by atoms with E-state index in [1.807, 2.05) is 36.4 Å². The molecule has 5 rings (SSSR count). The van der Waals surface area contributed by atoms with Crippen molar-refractivity contribution in [3.05, 3.63) is 63.9 Å². The number of hydrogen-bond donors (Lipinski definition) is 1. The van der Waals surface area contributed by atoms with Gasteiger partial charge in [0.2, 0.25) is 0 Å². The van der Waals surface area contributed by atoms with E-state index in [1.54, 1.807) is 17.6 Å². The molecule has 0 spiro atoms. The van der Waals surface area contributed by atoms with Gasteiger partial charge in [0, 0.05) is 15.5 Å². The Morgan fingerprint density at radius 1 is 1.12 bits per heavy atom. The molecule has 1 aliphatic rings. The molecule has 0 saturated carbocycles. The van der Waals surface area contributed by atoms with E-state index in [1.165, 1.54) is 22.2 Å². The van der Waals surface area contributed by atoms with Gasteiger partial charge in [0.05, 0.1) is 18.2 Å². The maximum absolute atomic E-state index is 6.02. The molecule has 26 heavy (non-hydrogen) atoms. The van der Waals surface area contributed by atoms with Crippen LogP contribution in [0.2, 0.25) is 5.02 Å². The Morgan fingerprint density at radius 3 is 2.81 bits per heavy atom. The Balaban J connectivity index is 1.62. The standard InChI is InChI=1S/C20H16ClN3OS/c21-13-8-6-12(7-9-13)18-23-19(22-11-14-3-2-10-25-14)17-15-4-1-5-16(15)26-20(17)24-18/h2-3,6-10H,1,4-5,11H2,(H,22,23,24). The van der Waals surface area contributed by atoms with Crippen molar-refractivity contribution in [2.24, 2.45) is 0 Å². The molecule has 1 N–H and O–H groups in total. The number of nitrogens with one attached hydrogen (secondary N) is 1. The summed E-state index contributed by atoms with van der Waals surface area (Å²) in [6.07, 6.45) is 5.15. The number of benzene rings is 1. The molecule has 0 unspecified atom stereocenters. The van der Waals surface area contributed by atoms with Crippen LogP contribution in [0.3, 0.4) is 0 Å². The minimum Gasteiger partial charge on any atom is -0.467 e. The van der Waals surface area contributed by atoms with Crippen molar-refractivity contribution in [3.63, 3.8) is 0 Å². The van der Waals surface area contributed by atoms with E-state index in [0.717, 1.165) is 40.6 Å². The first-order chi connectivity index (χ1) is 12.8. The van der Waals surface area contributed by atoms with Crippen LogP contribution in [0, 0.1) is 0 Å². The summed E-state index contributed by atoms with van der Waals surface area (Å²) in [6, 6.07) is 11.5. The average molecular weight is 382 g/mol. The molecule has 4 aromatic rings. The van der Waals surface area contributed by atoms with Crippen LogP contribution in [-0.4, -0.2) is 9.97 Å². The fourth-order valence-electron chi connectivity index (χ4n) is 3.44. The number of anilines is 1. The Morgan fingerprint density at radius 2 is 2.00 bits per heavy atom. The SMILES string of the molecule is Clc1ccc(-c2nc(NCc3ccco3)c3c4c(sc3n2)CCC4)cc1. The van der Waals surface area contributed by atoms with Crippen molar-refractivity contribution in [3.8, 4) is 11.4 Å². The fraction of sp³-hybridized carbons (Fsp3) is 0.200. The summed E-state index contributed by atoms with van der Waals surface area (Å²) in [5, 5.41) is 5.35. The van der Waals surface area contributed by atoms with Gasteiger partial charge in [-0.3, -0.25) is 0 Å². The molecule has 1 aromatic carbocycles. The molecule has 0 atom stereocenters. The molecule has 0 bridgehead atoms. The van der Waals surface area contributed by atoms with Gasteiger partial charge in [0.1, 0.15) is 16.4 Å². The van der Waals surface area contributed by atoms with Gasteiger partial charge in [-0.1, -0.05) is 11.6 Å². The van der Waals surface area contributed by atoms with Crippen molar-refractivity contribution in [2.45, 2.75) is 25.8 Å². The van der Waals surface area contributed by atoms with Crippen molar-refractivity contribution in [2.75, 3.05) is 5.32 Å². The zero-order valence-electron chi connectivity index (χ0n) is 14.0. The molecule has 6 heteroatoms. The molecule has 0 aliphatic heterocycles. The summed E-state index contributed by atoms with van der Waals surface area (Å²) in [4.78, 5) is 12.2. The number of rotatable bonds is 4. The fourth-order valence-corrected chi connectivity index (χ4v) is 4.82. The summed E-state index contributed by atoms with van der Waals surface area (Å²) >= 11 is 7.82. The van der Waals surface area contributed by atoms with Gasteiger partial charge in [0.25, 0.3) is 0 Å². The van der Waals surface area contributed by atoms with Gasteiger partial charge in [-0.2, -0.15) is 0 Å². The first kappa shape index (κ1) is 15.9. The smallest absolute Gasteiger partial charge is 0.163 e. The van der Waals surface area contributed by atoms with Gasteiger partial charge in [-0.05, 0) is 61.2 Å². The largest absolute Gasteiger partial charge is 0.467 e. The van der Waals surface area contributed by atoms with Gasteiger partial charge in [-0.15, -0.1) is 11.3 Å². The highest BCUT2D eigenvalue weighted by molar-refractivity contribution is 7.19. The normalized spacial score (nSPS) is 13.3. The quantitative estimate of drug-likeness (QED) is 0.492. The molecular weight excluding hydrogens is 366 g/mol. The van der Waals surface area contributed by atoms with Crippen LogP contribution in [0.5, 0.6) is 0 Å². The van der Waals surface area contributed by atoms with Crippen LogP contribution in [-0.2, 0) is 19.4 Å². The Bertz CT molecular complexity index is 1070. The number of thiophene rings is 1. The number of aryl methyl sites for hydroxylation is 2. The van der Waals surface area contributed by atoms with Crippen molar-refractivity contribution < 1.29 is 4.42 Å². The van der Waals surface area contributed by atoms with E-state index in [0.29, 0.717) is 11.6 Å². The van der Waals surface area contributed by atoms with Gasteiger partial charge in [0.15, 0.2) is 5.82 Å². The second-order valence-corrected chi connectivity index (χ2v) is 7.89. The number of aromatic nitrogens is 2. The number of nitrogens with zero attached hydrogens (tertiary/aromatic N) is 2. The first-order valence-electron chi connectivity index (χ1n) is 8.62. The number of hydrogen-bond acceptors (Lipinski definition) is 5. The minimum atomic E-state index is 0.601. The predicted molar refractivity (Wildman–Crippen MR) is 106 cm³/mol. The minimum absolute atomic E-state index is 0.601. The molecule has 0 fully saturated rings. The summed E-state index contributed by atoms with van der Waals surface area (Å²) < 4.78 is 5.45. The predicted octanol–water partition coefficient (Wildman–Crippen LogP) is 5.71. The Labute approximate surface area is 159 Å². The molecule has 0 saturated heterocycles. The summed E-state index contributed by atoms with van der Waals surface area (Å²) in [7, 11) is 0. The maximum Gasteiger partial charge on any atom is 0.163 e. The zero-order chi connectivity index (χ0) is 17.5. The lowest BCUT2D eigenvalue weighted by Gasteiger charge is -2.09. The van der Waals surface area contributed by atoms with E-state index in [9.17, 15) is 0 Å². The van der Waals surface area contributed by atoms with E-state index >= 15 is 0 Å². The highest BCUT2D eigenvalue weighted by Crippen LogP contribution is 2.40. The van der Waals surface area contributed by atoms with Gasteiger partial charge >= 0.3 is 0 Å². The van der Waals surface area contributed by atoms with Crippen LogP contribution in [0.15, 0.2) is 47.1 Å². The van der Waals surface area contributed by atoms with Crippen molar-refractivity contribution in [1.29, 1.82) is 0 Å². The van der Waals surface area contributed by atoms with Crippen LogP contribution in [0.25, 0.3) is 21.6 Å². The lowest BCUT2D eigenvalue weighted by atomic mass is 10.1. The third-order valence-corrected chi connectivity index (χ3v) is 6.11. The molecular formula is C20H16ClN3OS. The second-order valence-electron chi connectivity index (χ2n) is 6.37. The van der Waals surface area contributed by atoms with Crippen molar-refractivity contribution in [1.82, 2.24) is 9.97 Å². The third-order valence-electron chi connectivity index (χ3n) is 4.68. The monoisotopic (exact) mass is 381 g/mol. The zero-order valence-corrected chi connectivity index (χ0v) is 15.5. The highest BCUT2D eigenvalue weighted by Gasteiger charge is 2.22. The summed E-state index contributed by atoms with van der Waals surface area (Å²) in [6.45, 7) is 0.601. The third kappa shape index (κ3) is 2.77. The Kier molecular flexibility index (Phi) is 3.91. The van der Waals surface area contributed by atoms with Crippen LogP contribution < -0.4 is 5.32 Å². The lowest BCUT2D eigenvalue weighted by molar-refractivity contribution is 0.518. The molecule has 1 aliphatic carbocycles. The summed E-state index contributed by atoms with van der Waals surface area (Å²) in [5.74, 6) is 2.49. The topological polar surface area (TPSA) is 51.0 Å². The number of fused-ring (bicyclic) bond motifs is 3. The van der Waals surface area contributed by atoms with Gasteiger partial charge < -0.3 is 9.73 Å². The molecule has 3 heterocycles. The molecule has 0 amide bonds.